The molecule has 7 nitrogen and oxygen atoms in total. The van der Waals surface area contributed by atoms with Gasteiger partial charge >= 0.3 is 11.4 Å². The average Bonchev–Trinajstić information content (AvgIpc) is 2.46. The number of nitrogens with zero attached hydrogens (tertiary/aromatic N) is 2. The van der Waals surface area contributed by atoms with Crippen molar-refractivity contribution in [1.82, 2.24) is 0 Å². The molecular weight excluding hydrogens is 300 g/mol. The van der Waals surface area contributed by atoms with Crippen molar-refractivity contribution in [3.63, 3.8) is 0 Å². The Labute approximate surface area is 124 Å². The maximum absolute atomic E-state index is 11.3. The van der Waals surface area contributed by atoms with Gasteiger partial charge < -0.3 is 4.74 Å². The van der Waals surface area contributed by atoms with Crippen molar-refractivity contribution in [2.45, 2.75) is 0 Å². The van der Waals surface area contributed by atoms with Crippen molar-refractivity contribution in [2.24, 2.45) is 0 Å². The number of rotatable bonds is 4. The molecule has 2 rings (SSSR count). The quantitative estimate of drug-likeness (QED) is 0.631. The Morgan fingerprint density at radius 2 is 1.62 bits per heavy atom. The van der Waals surface area contributed by atoms with Gasteiger partial charge in [0.05, 0.1) is 17.0 Å². The van der Waals surface area contributed by atoms with Gasteiger partial charge in [0.1, 0.15) is 16.3 Å². The minimum absolute atomic E-state index is 0.0270. The molecule has 0 heterocycles. The maximum Gasteiger partial charge on any atom is 0.365 e. The van der Waals surface area contributed by atoms with Crippen LogP contribution in [0.2, 0.25) is 5.02 Å². The van der Waals surface area contributed by atoms with E-state index in [1.54, 1.807) is 30.3 Å². The number of ether oxygens (including phenoxy) is 1. The molecule has 0 amide bonds. The molecule has 21 heavy (non-hydrogen) atoms. The van der Waals surface area contributed by atoms with Crippen molar-refractivity contribution in [2.75, 3.05) is 7.11 Å². The van der Waals surface area contributed by atoms with E-state index < -0.39 is 21.2 Å². The summed E-state index contributed by atoms with van der Waals surface area (Å²) in [5, 5.41) is 22.1. The van der Waals surface area contributed by atoms with Crippen molar-refractivity contribution in [1.29, 1.82) is 0 Å². The van der Waals surface area contributed by atoms with Crippen LogP contribution in [-0.2, 0) is 0 Å². The number of hydrogen-bond donors (Lipinski definition) is 0. The fraction of sp³-hybridized carbons (Fsp3) is 0.0769. The van der Waals surface area contributed by atoms with Crippen molar-refractivity contribution in [3.05, 3.63) is 61.6 Å². The number of benzene rings is 2. The molecule has 0 fully saturated rings. The van der Waals surface area contributed by atoms with Gasteiger partial charge in [-0.05, 0) is 5.56 Å². The van der Waals surface area contributed by atoms with E-state index in [-0.39, 0.29) is 16.3 Å². The molecule has 0 aliphatic rings. The molecule has 0 N–H and O–H groups in total. The second-order valence-corrected chi connectivity index (χ2v) is 4.42. The standard InChI is InChI=1S/C13H9ClN2O5/c1-21-10-7-9(14)12(15(17)18)13(16(19)20)11(10)8-5-3-2-4-6-8/h2-7H,1H3. The lowest BCUT2D eigenvalue weighted by Crippen LogP contribution is -2.02. The normalized spacial score (nSPS) is 10.2. The van der Waals surface area contributed by atoms with Gasteiger partial charge in [-0.2, -0.15) is 0 Å². The highest BCUT2D eigenvalue weighted by Gasteiger charge is 2.35. The number of halogens is 1. The molecule has 0 aromatic heterocycles. The predicted molar refractivity (Wildman–Crippen MR) is 76.7 cm³/mol. The molecular formula is C13H9ClN2O5. The van der Waals surface area contributed by atoms with E-state index >= 15 is 0 Å². The fourth-order valence-corrected chi connectivity index (χ4v) is 2.26. The number of methoxy groups -OCH3 is 1. The summed E-state index contributed by atoms with van der Waals surface area (Å²) in [5.41, 5.74) is -0.975. The second-order valence-electron chi connectivity index (χ2n) is 4.01. The first kappa shape index (κ1) is 14.7. The highest BCUT2D eigenvalue weighted by molar-refractivity contribution is 6.33. The van der Waals surface area contributed by atoms with E-state index in [9.17, 15) is 20.2 Å². The molecule has 8 heteroatoms. The van der Waals surface area contributed by atoms with Crippen LogP contribution in [0.4, 0.5) is 11.4 Å². The van der Waals surface area contributed by atoms with Crippen molar-refractivity contribution >= 4 is 23.0 Å². The topological polar surface area (TPSA) is 95.5 Å². The summed E-state index contributed by atoms with van der Waals surface area (Å²) in [6.07, 6.45) is 0. The molecule has 0 radical (unpaired) electrons. The number of nitro groups is 2. The Morgan fingerprint density at radius 1 is 1.05 bits per heavy atom. The molecule has 0 atom stereocenters. The summed E-state index contributed by atoms with van der Waals surface area (Å²) in [6.45, 7) is 0. The van der Waals surface area contributed by atoms with E-state index in [0.717, 1.165) is 0 Å². The fourth-order valence-electron chi connectivity index (χ4n) is 2.00. The first-order valence-corrected chi connectivity index (χ1v) is 6.09. The lowest BCUT2D eigenvalue weighted by molar-refractivity contribution is -0.421. The van der Waals surface area contributed by atoms with Crippen LogP contribution in [-0.4, -0.2) is 17.0 Å². The zero-order chi connectivity index (χ0) is 15.6. The smallest absolute Gasteiger partial charge is 0.365 e. The van der Waals surface area contributed by atoms with Crippen LogP contribution in [0.3, 0.4) is 0 Å². The monoisotopic (exact) mass is 308 g/mol. The molecule has 0 bridgehead atoms. The van der Waals surface area contributed by atoms with Crippen LogP contribution in [0.5, 0.6) is 5.75 Å². The molecule has 0 saturated carbocycles. The van der Waals surface area contributed by atoms with Gasteiger partial charge in [-0.1, -0.05) is 41.9 Å². The Balaban J connectivity index is 2.93. The lowest BCUT2D eigenvalue weighted by Gasteiger charge is -2.10. The summed E-state index contributed by atoms with van der Waals surface area (Å²) in [6, 6.07) is 9.46. The van der Waals surface area contributed by atoms with Crippen LogP contribution in [0.25, 0.3) is 11.1 Å². The van der Waals surface area contributed by atoms with Crippen LogP contribution in [0, 0.1) is 20.2 Å². The van der Waals surface area contributed by atoms with E-state index in [4.69, 9.17) is 16.3 Å². The van der Waals surface area contributed by atoms with Gasteiger partial charge in [-0.15, -0.1) is 0 Å². The minimum Gasteiger partial charge on any atom is -0.496 e. The van der Waals surface area contributed by atoms with E-state index in [2.05, 4.69) is 0 Å². The van der Waals surface area contributed by atoms with Crippen LogP contribution in [0.1, 0.15) is 0 Å². The number of nitro benzene ring substituents is 2. The van der Waals surface area contributed by atoms with E-state index in [1.807, 2.05) is 0 Å². The van der Waals surface area contributed by atoms with Gasteiger partial charge in [-0.25, -0.2) is 0 Å². The van der Waals surface area contributed by atoms with Gasteiger partial charge in [0.25, 0.3) is 0 Å². The van der Waals surface area contributed by atoms with Gasteiger partial charge in [-0.3, -0.25) is 20.2 Å². The SMILES string of the molecule is COc1cc(Cl)c([N+](=O)[O-])c([N+](=O)[O-])c1-c1ccccc1. The molecule has 2 aromatic carbocycles. The summed E-state index contributed by atoms with van der Waals surface area (Å²) >= 11 is 5.79. The zero-order valence-corrected chi connectivity index (χ0v) is 11.5. The predicted octanol–water partition coefficient (Wildman–Crippen LogP) is 3.83. The molecule has 108 valence electrons. The van der Waals surface area contributed by atoms with Crippen LogP contribution < -0.4 is 4.74 Å². The van der Waals surface area contributed by atoms with Gasteiger partial charge in [0.2, 0.25) is 0 Å². The van der Waals surface area contributed by atoms with Crippen LogP contribution >= 0.6 is 11.6 Å². The van der Waals surface area contributed by atoms with E-state index in [0.29, 0.717) is 5.56 Å². The van der Waals surface area contributed by atoms with Gasteiger partial charge in [0, 0.05) is 6.07 Å². The molecule has 0 aliphatic carbocycles. The Bertz CT molecular complexity index is 718. The average molecular weight is 309 g/mol. The minimum atomic E-state index is -0.869. The molecule has 2 aromatic rings. The molecule has 0 spiro atoms. The molecule has 0 unspecified atom stereocenters. The van der Waals surface area contributed by atoms with E-state index in [1.165, 1.54) is 13.2 Å². The Morgan fingerprint density at radius 3 is 2.10 bits per heavy atom. The van der Waals surface area contributed by atoms with Crippen molar-refractivity contribution in [3.8, 4) is 16.9 Å². The third-order valence-electron chi connectivity index (χ3n) is 2.84. The third-order valence-corrected chi connectivity index (χ3v) is 3.13. The highest BCUT2D eigenvalue weighted by atomic mass is 35.5. The Hall–Kier alpha value is -2.67. The van der Waals surface area contributed by atoms with Crippen LogP contribution in [0.15, 0.2) is 36.4 Å². The largest absolute Gasteiger partial charge is 0.496 e. The summed E-state index contributed by atoms with van der Waals surface area (Å²) in [5.74, 6) is 0.100. The third kappa shape index (κ3) is 2.63. The molecule has 0 saturated heterocycles. The second kappa shape index (κ2) is 5.76. The van der Waals surface area contributed by atoms with Gasteiger partial charge in [0.15, 0.2) is 0 Å². The first-order valence-electron chi connectivity index (χ1n) is 5.72. The summed E-state index contributed by atoms with van der Waals surface area (Å²) < 4.78 is 5.09. The summed E-state index contributed by atoms with van der Waals surface area (Å²) in [7, 11) is 1.31. The summed E-state index contributed by atoms with van der Waals surface area (Å²) in [4.78, 5) is 20.7. The number of hydrogen-bond acceptors (Lipinski definition) is 5. The first-order chi connectivity index (χ1) is 9.97. The zero-order valence-electron chi connectivity index (χ0n) is 10.8. The lowest BCUT2D eigenvalue weighted by atomic mass is 10.0. The van der Waals surface area contributed by atoms with Crippen molar-refractivity contribution < 1.29 is 14.6 Å². The molecule has 0 aliphatic heterocycles. The highest BCUT2D eigenvalue weighted by Crippen LogP contribution is 2.47. The maximum atomic E-state index is 11.3. The Kier molecular flexibility index (Phi) is 4.04.